The van der Waals surface area contributed by atoms with Crippen LogP contribution in [-0.2, 0) is 12.8 Å². The monoisotopic (exact) mass is 252 g/mol. The van der Waals surface area contributed by atoms with Crippen molar-refractivity contribution in [2.24, 2.45) is 11.8 Å². The molecule has 96 valence electrons. The molecule has 1 aliphatic carbocycles. The van der Waals surface area contributed by atoms with E-state index in [1.165, 1.54) is 35.4 Å². The Hall–Kier alpha value is -0.340. The lowest BCUT2D eigenvalue weighted by Gasteiger charge is -2.29. The van der Waals surface area contributed by atoms with Crippen LogP contribution in [0.5, 0.6) is 0 Å². The Balaban J connectivity index is 1.85. The minimum atomic E-state index is -0.120. The van der Waals surface area contributed by atoms with Crippen molar-refractivity contribution in [3.05, 3.63) is 21.9 Å². The fourth-order valence-corrected chi connectivity index (χ4v) is 3.77. The van der Waals surface area contributed by atoms with Crippen molar-refractivity contribution in [1.29, 1.82) is 0 Å². The van der Waals surface area contributed by atoms with E-state index >= 15 is 0 Å². The smallest absolute Gasteiger partial charge is 0.0616 e. The van der Waals surface area contributed by atoms with Gasteiger partial charge in [0.05, 0.1) is 6.10 Å². The molecule has 1 atom stereocenters. The van der Waals surface area contributed by atoms with Crippen LogP contribution >= 0.6 is 11.3 Å². The fourth-order valence-electron chi connectivity index (χ4n) is 2.77. The zero-order chi connectivity index (χ0) is 12.3. The van der Waals surface area contributed by atoms with Crippen LogP contribution in [0, 0.1) is 11.8 Å². The van der Waals surface area contributed by atoms with E-state index in [4.69, 9.17) is 0 Å². The number of aliphatic hydroxyl groups is 1. The second-order valence-electron chi connectivity index (χ2n) is 5.51. The van der Waals surface area contributed by atoms with Crippen molar-refractivity contribution in [2.45, 2.75) is 58.5 Å². The molecular formula is C15H24OS. The molecule has 1 saturated carbocycles. The minimum absolute atomic E-state index is 0.120. The van der Waals surface area contributed by atoms with E-state index in [1.807, 2.05) is 11.3 Å². The van der Waals surface area contributed by atoms with Gasteiger partial charge in [0.15, 0.2) is 0 Å². The summed E-state index contributed by atoms with van der Waals surface area (Å²) in [6.45, 7) is 4.52. The molecule has 1 fully saturated rings. The third-order valence-electron chi connectivity index (χ3n) is 4.08. The van der Waals surface area contributed by atoms with Crippen molar-refractivity contribution in [3.63, 3.8) is 0 Å². The second kappa shape index (κ2) is 6.01. The fraction of sp³-hybridized carbons (Fsp3) is 0.733. The van der Waals surface area contributed by atoms with Crippen LogP contribution in [0.25, 0.3) is 0 Å². The highest BCUT2D eigenvalue weighted by Gasteiger charge is 2.24. The van der Waals surface area contributed by atoms with Gasteiger partial charge >= 0.3 is 0 Å². The minimum Gasteiger partial charge on any atom is -0.392 e. The molecule has 0 bridgehead atoms. The van der Waals surface area contributed by atoms with Gasteiger partial charge in [-0.05, 0) is 43.2 Å². The van der Waals surface area contributed by atoms with E-state index in [1.54, 1.807) is 0 Å². The molecule has 0 amide bonds. The molecule has 0 aromatic carbocycles. The maximum Gasteiger partial charge on any atom is 0.0616 e. The molecule has 0 radical (unpaired) electrons. The van der Waals surface area contributed by atoms with Gasteiger partial charge in [0, 0.05) is 16.2 Å². The molecule has 0 aliphatic heterocycles. The van der Waals surface area contributed by atoms with Crippen molar-refractivity contribution in [3.8, 4) is 0 Å². The van der Waals surface area contributed by atoms with Gasteiger partial charge in [0.25, 0.3) is 0 Å². The van der Waals surface area contributed by atoms with E-state index < -0.39 is 0 Å². The van der Waals surface area contributed by atoms with Crippen LogP contribution in [-0.4, -0.2) is 11.2 Å². The number of hydrogen-bond donors (Lipinski definition) is 1. The summed E-state index contributed by atoms with van der Waals surface area (Å²) in [5.74, 6) is 1.41. The van der Waals surface area contributed by atoms with Gasteiger partial charge in [-0.25, -0.2) is 0 Å². The maximum atomic E-state index is 10.3. The molecule has 0 spiro atoms. The summed E-state index contributed by atoms with van der Waals surface area (Å²) < 4.78 is 0. The van der Waals surface area contributed by atoms with Crippen molar-refractivity contribution in [2.75, 3.05) is 0 Å². The number of thiophene rings is 1. The standard InChI is InChI=1S/C15H24OS/c1-3-13-8-9-14(17-13)10-15(16)12-6-4-11(2)5-7-12/h8-9,11-12,15-16H,3-7,10H2,1-2H3. The van der Waals surface area contributed by atoms with E-state index in [0.717, 1.165) is 18.8 Å². The van der Waals surface area contributed by atoms with E-state index in [0.29, 0.717) is 5.92 Å². The Bertz CT molecular complexity index is 336. The largest absolute Gasteiger partial charge is 0.392 e. The number of aryl methyl sites for hydroxylation is 1. The van der Waals surface area contributed by atoms with Crippen LogP contribution in [0.2, 0.25) is 0 Å². The van der Waals surface area contributed by atoms with Crippen molar-refractivity contribution < 1.29 is 5.11 Å². The van der Waals surface area contributed by atoms with Crippen LogP contribution in [0.3, 0.4) is 0 Å². The molecule has 1 N–H and O–H groups in total. The summed E-state index contributed by atoms with van der Waals surface area (Å²) >= 11 is 1.87. The van der Waals surface area contributed by atoms with Gasteiger partial charge in [-0.15, -0.1) is 11.3 Å². The van der Waals surface area contributed by atoms with Crippen LogP contribution in [0.1, 0.15) is 49.3 Å². The Morgan fingerprint density at radius 3 is 2.47 bits per heavy atom. The summed E-state index contributed by atoms with van der Waals surface area (Å²) in [4.78, 5) is 2.79. The van der Waals surface area contributed by atoms with Crippen LogP contribution in [0.4, 0.5) is 0 Å². The highest BCUT2D eigenvalue weighted by molar-refractivity contribution is 7.11. The highest BCUT2D eigenvalue weighted by Crippen LogP contribution is 2.32. The topological polar surface area (TPSA) is 20.2 Å². The average molecular weight is 252 g/mol. The lowest BCUT2D eigenvalue weighted by molar-refractivity contribution is 0.0767. The summed E-state index contributed by atoms with van der Waals surface area (Å²) in [6, 6.07) is 4.40. The lowest BCUT2D eigenvalue weighted by Crippen LogP contribution is -2.26. The molecule has 2 heteroatoms. The Labute approximate surface area is 109 Å². The summed E-state index contributed by atoms with van der Waals surface area (Å²) in [7, 11) is 0. The Morgan fingerprint density at radius 1 is 1.24 bits per heavy atom. The molecule has 1 aliphatic rings. The summed E-state index contributed by atoms with van der Waals surface area (Å²) in [6.07, 6.45) is 6.89. The Morgan fingerprint density at radius 2 is 1.88 bits per heavy atom. The molecule has 1 nitrogen and oxygen atoms in total. The van der Waals surface area contributed by atoms with E-state index in [2.05, 4.69) is 26.0 Å². The first-order chi connectivity index (χ1) is 8.19. The van der Waals surface area contributed by atoms with Crippen molar-refractivity contribution in [1.82, 2.24) is 0 Å². The van der Waals surface area contributed by atoms with Gasteiger partial charge in [-0.3, -0.25) is 0 Å². The van der Waals surface area contributed by atoms with Crippen LogP contribution in [0.15, 0.2) is 12.1 Å². The first-order valence-electron chi connectivity index (χ1n) is 6.94. The molecule has 1 unspecified atom stereocenters. The quantitative estimate of drug-likeness (QED) is 0.857. The molecule has 1 aromatic rings. The molecule has 0 saturated heterocycles. The Kier molecular flexibility index (Phi) is 4.63. The lowest BCUT2D eigenvalue weighted by atomic mass is 9.79. The SMILES string of the molecule is CCc1ccc(CC(O)C2CCC(C)CC2)s1. The maximum absolute atomic E-state index is 10.3. The van der Waals surface area contributed by atoms with E-state index in [9.17, 15) is 5.11 Å². The first-order valence-corrected chi connectivity index (χ1v) is 7.76. The van der Waals surface area contributed by atoms with Crippen LogP contribution < -0.4 is 0 Å². The highest BCUT2D eigenvalue weighted by atomic mass is 32.1. The normalized spacial score (nSPS) is 27.0. The predicted octanol–water partition coefficient (Wildman–Crippen LogP) is 4.04. The summed E-state index contributed by atoms with van der Waals surface area (Å²) in [5, 5.41) is 10.3. The first kappa shape index (κ1) is 13.1. The van der Waals surface area contributed by atoms with Gasteiger partial charge in [0.1, 0.15) is 0 Å². The van der Waals surface area contributed by atoms with Crippen molar-refractivity contribution >= 4 is 11.3 Å². The predicted molar refractivity (Wildman–Crippen MR) is 74.5 cm³/mol. The number of hydrogen-bond acceptors (Lipinski definition) is 2. The van der Waals surface area contributed by atoms with Gasteiger partial charge in [-0.1, -0.05) is 26.7 Å². The second-order valence-corrected chi connectivity index (χ2v) is 6.77. The van der Waals surface area contributed by atoms with Gasteiger partial charge < -0.3 is 5.11 Å². The zero-order valence-electron chi connectivity index (χ0n) is 11.0. The molecule has 1 aromatic heterocycles. The third kappa shape index (κ3) is 3.56. The molecular weight excluding hydrogens is 228 g/mol. The number of rotatable bonds is 4. The third-order valence-corrected chi connectivity index (χ3v) is 5.33. The summed E-state index contributed by atoms with van der Waals surface area (Å²) in [5.41, 5.74) is 0. The van der Waals surface area contributed by atoms with Gasteiger partial charge in [0.2, 0.25) is 0 Å². The average Bonchev–Trinajstić information content (AvgIpc) is 2.77. The van der Waals surface area contributed by atoms with E-state index in [-0.39, 0.29) is 6.10 Å². The molecule has 2 rings (SSSR count). The molecule has 17 heavy (non-hydrogen) atoms. The number of aliphatic hydroxyl groups excluding tert-OH is 1. The molecule has 1 heterocycles. The van der Waals surface area contributed by atoms with Gasteiger partial charge in [-0.2, -0.15) is 0 Å². The zero-order valence-corrected chi connectivity index (χ0v) is 11.8.